The number of para-hydroxylation sites is 1. The fourth-order valence-electron chi connectivity index (χ4n) is 2.50. The number of amides is 1. The number of rotatable bonds is 7. The number of sulfonamides is 1. The minimum absolute atomic E-state index is 0.00405. The molecular weight excluding hydrogens is 380 g/mol. The third kappa shape index (κ3) is 4.95. The van der Waals surface area contributed by atoms with Crippen LogP contribution in [0.4, 0.5) is 5.69 Å². The Kier molecular flexibility index (Phi) is 5.74. The molecule has 1 amide bonds. The Morgan fingerprint density at radius 1 is 1.11 bits per heavy atom. The Labute approximate surface area is 163 Å². The number of anilines is 1. The molecule has 0 spiro atoms. The second-order valence-corrected chi connectivity index (χ2v) is 8.17. The molecule has 28 heavy (non-hydrogen) atoms. The van der Waals surface area contributed by atoms with E-state index in [4.69, 9.17) is 4.52 Å². The van der Waals surface area contributed by atoms with Crippen LogP contribution in [0.3, 0.4) is 0 Å². The van der Waals surface area contributed by atoms with Crippen molar-refractivity contribution in [3.63, 3.8) is 0 Å². The molecule has 3 rings (SSSR count). The highest BCUT2D eigenvalue weighted by Crippen LogP contribution is 2.17. The number of nitrogens with zero attached hydrogens (tertiary/aromatic N) is 3. The average Bonchev–Trinajstić information content (AvgIpc) is 3.14. The van der Waals surface area contributed by atoms with Crippen molar-refractivity contribution in [3.8, 4) is 11.4 Å². The van der Waals surface area contributed by atoms with Gasteiger partial charge in [-0.1, -0.05) is 53.2 Å². The van der Waals surface area contributed by atoms with Crippen molar-refractivity contribution in [1.29, 1.82) is 0 Å². The summed E-state index contributed by atoms with van der Waals surface area (Å²) < 4.78 is 30.2. The fourth-order valence-corrected chi connectivity index (χ4v) is 3.36. The number of carbonyl (C=O) groups excluding carboxylic acids is 1. The predicted molar refractivity (Wildman–Crippen MR) is 105 cm³/mol. The van der Waals surface area contributed by atoms with Crippen molar-refractivity contribution in [1.82, 2.24) is 15.5 Å². The summed E-state index contributed by atoms with van der Waals surface area (Å²) in [7, 11) is -3.61. The van der Waals surface area contributed by atoms with E-state index in [9.17, 15) is 13.2 Å². The minimum Gasteiger partial charge on any atom is -0.345 e. The van der Waals surface area contributed by atoms with Crippen LogP contribution in [0.2, 0.25) is 0 Å². The standard InChI is InChI=1S/C19H20N4O4S/c1-14-8-10-15(11-9-14)19-21-18(27-22-19)12-20-17(24)13-23(28(2,25)26)16-6-4-3-5-7-16/h3-11H,12-13H2,1-2H3,(H,20,24). The van der Waals surface area contributed by atoms with Crippen LogP contribution in [0, 0.1) is 6.92 Å². The maximum absolute atomic E-state index is 12.3. The van der Waals surface area contributed by atoms with Gasteiger partial charge in [0.25, 0.3) is 0 Å². The van der Waals surface area contributed by atoms with Gasteiger partial charge in [-0.15, -0.1) is 0 Å². The topological polar surface area (TPSA) is 105 Å². The normalized spacial score (nSPS) is 11.2. The van der Waals surface area contributed by atoms with E-state index in [1.54, 1.807) is 30.3 Å². The summed E-state index contributed by atoms with van der Waals surface area (Å²) in [6, 6.07) is 16.1. The summed E-state index contributed by atoms with van der Waals surface area (Å²) in [5.74, 6) is 0.171. The Morgan fingerprint density at radius 3 is 2.43 bits per heavy atom. The molecule has 2 aromatic carbocycles. The Bertz CT molecular complexity index is 1050. The molecule has 0 radical (unpaired) electrons. The molecule has 0 aliphatic carbocycles. The summed E-state index contributed by atoms with van der Waals surface area (Å²) in [6.07, 6.45) is 1.05. The molecule has 0 fully saturated rings. The first kappa shape index (κ1) is 19.6. The van der Waals surface area contributed by atoms with Crippen molar-refractivity contribution < 1.29 is 17.7 Å². The van der Waals surface area contributed by atoms with Gasteiger partial charge >= 0.3 is 0 Å². The monoisotopic (exact) mass is 400 g/mol. The van der Waals surface area contributed by atoms with Gasteiger partial charge in [0, 0.05) is 5.56 Å². The summed E-state index contributed by atoms with van der Waals surface area (Å²) in [4.78, 5) is 16.5. The molecule has 0 bridgehead atoms. The van der Waals surface area contributed by atoms with Crippen molar-refractivity contribution in [3.05, 3.63) is 66.1 Å². The molecule has 0 unspecified atom stereocenters. The molecule has 9 heteroatoms. The van der Waals surface area contributed by atoms with Gasteiger partial charge in [0.2, 0.25) is 27.6 Å². The largest absolute Gasteiger partial charge is 0.345 e. The molecule has 0 saturated heterocycles. The molecule has 8 nitrogen and oxygen atoms in total. The maximum Gasteiger partial charge on any atom is 0.246 e. The number of carbonyl (C=O) groups is 1. The molecule has 0 saturated carbocycles. The van der Waals surface area contributed by atoms with E-state index in [-0.39, 0.29) is 19.0 Å². The first-order chi connectivity index (χ1) is 13.3. The summed E-state index contributed by atoms with van der Waals surface area (Å²) in [5, 5.41) is 6.50. The van der Waals surface area contributed by atoms with Crippen LogP contribution in [-0.2, 0) is 21.4 Å². The summed E-state index contributed by atoms with van der Waals surface area (Å²) in [5.41, 5.74) is 2.34. The van der Waals surface area contributed by atoms with Gasteiger partial charge in [0.05, 0.1) is 18.5 Å². The minimum atomic E-state index is -3.61. The molecule has 0 aliphatic heterocycles. The van der Waals surface area contributed by atoms with Crippen molar-refractivity contribution in [2.75, 3.05) is 17.1 Å². The van der Waals surface area contributed by atoms with E-state index in [0.717, 1.165) is 21.7 Å². The predicted octanol–water partition coefficient (Wildman–Crippen LogP) is 2.13. The maximum atomic E-state index is 12.3. The first-order valence-electron chi connectivity index (χ1n) is 8.52. The Morgan fingerprint density at radius 2 is 1.79 bits per heavy atom. The van der Waals surface area contributed by atoms with Crippen LogP contribution in [0.5, 0.6) is 0 Å². The van der Waals surface area contributed by atoms with Crippen molar-refractivity contribution >= 4 is 21.6 Å². The highest BCUT2D eigenvalue weighted by molar-refractivity contribution is 7.92. The fraction of sp³-hybridized carbons (Fsp3) is 0.211. The van der Waals surface area contributed by atoms with Crippen molar-refractivity contribution in [2.24, 2.45) is 0 Å². The van der Waals surface area contributed by atoms with E-state index in [0.29, 0.717) is 11.5 Å². The lowest BCUT2D eigenvalue weighted by atomic mass is 10.1. The third-order valence-electron chi connectivity index (χ3n) is 3.95. The number of aromatic nitrogens is 2. The molecule has 1 heterocycles. The zero-order valence-electron chi connectivity index (χ0n) is 15.5. The van der Waals surface area contributed by atoms with E-state index >= 15 is 0 Å². The third-order valence-corrected chi connectivity index (χ3v) is 5.09. The van der Waals surface area contributed by atoms with Crippen LogP contribution in [0.15, 0.2) is 59.1 Å². The Hall–Kier alpha value is -3.20. The first-order valence-corrected chi connectivity index (χ1v) is 10.4. The molecular formula is C19H20N4O4S. The van der Waals surface area contributed by atoms with Gasteiger partial charge in [0.1, 0.15) is 6.54 Å². The van der Waals surface area contributed by atoms with Gasteiger partial charge in [-0.25, -0.2) is 8.42 Å². The van der Waals surface area contributed by atoms with Gasteiger partial charge < -0.3 is 9.84 Å². The van der Waals surface area contributed by atoms with Crippen LogP contribution < -0.4 is 9.62 Å². The number of nitrogens with one attached hydrogen (secondary N) is 1. The van der Waals surface area contributed by atoms with Crippen LogP contribution in [0.25, 0.3) is 11.4 Å². The van der Waals surface area contributed by atoms with E-state index in [1.807, 2.05) is 31.2 Å². The average molecular weight is 400 g/mol. The smallest absolute Gasteiger partial charge is 0.246 e. The van der Waals surface area contributed by atoms with E-state index in [1.165, 1.54) is 0 Å². The molecule has 146 valence electrons. The zero-order valence-corrected chi connectivity index (χ0v) is 16.3. The SMILES string of the molecule is Cc1ccc(-c2noc(CNC(=O)CN(c3ccccc3)S(C)(=O)=O)n2)cc1. The van der Waals surface area contributed by atoms with Gasteiger partial charge in [-0.05, 0) is 19.1 Å². The van der Waals surface area contributed by atoms with Crippen LogP contribution in [0.1, 0.15) is 11.5 Å². The van der Waals surface area contributed by atoms with E-state index in [2.05, 4.69) is 15.5 Å². The zero-order chi connectivity index (χ0) is 20.1. The number of hydrogen-bond donors (Lipinski definition) is 1. The second-order valence-electron chi connectivity index (χ2n) is 6.26. The van der Waals surface area contributed by atoms with Gasteiger partial charge in [-0.3, -0.25) is 9.10 Å². The van der Waals surface area contributed by atoms with Gasteiger partial charge in [0.15, 0.2) is 0 Å². The van der Waals surface area contributed by atoms with Crippen LogP contribution >= 0.6 is 0 Å². The van der Waals surface area contributed by atoms with E-state index < -0.39 is 15.9 Å². The summed E-state index contributed by atoms with van der Waals surface area (Å²) >= 11 is 0. The number of hydrogen-bond acceptors (Lipinski definition) is 6. The number of aryl methyl sites for hydroxylation is 1. The lowest BCUT2D eigenvalue weighted by molar-refractivity contribution is -0.119. The Balaban J connectivity index is 1.63. The molecule has 0 aliphatic rings. The molecule has 1 aromatic heterocycles. The quantitative estimate of drug-likeness (QED) is 0.651. The van der Waals surface area contributed by atoms with Crippen molar-refractivity contribution in [2.45, 2.75) is 13.5 Å². The lowest BCUT2D eigenvalue weighted by Gasteiger charge is -2.21. The number of benzene rings is 2. The van der Waals surface area contributed by atoms with Crippen LogP contribution in [-0.4, -0.2) is 37.3 Å². The molecule has 3 aromatic rings. The lowest BCUT2D eigenvalue weighted by Crippen LogP contribution is -2.40. The van der Waals surface area contributed by atoms with Gasteiger partial charge in [-0.2, -0.15) is 4.98 Å². The second kappa shape index (κ2) is 8.22. The summed E-state index contributed by atoms with van der Waals surface area (Å²) in [6.45, 7) is 1.64. The molecule has 0 atom stereocenters. The highest BCUT2D eigenvalue weighted by Gasteiger charge is 2.21. The highest BCUT2D eigenvalue weighted by atomic mass is 32.2. The molecule has 1 N–H and O–H groups in total.